The van der Waals surface area contributed by atoms with Crippen LogP contribution < -0.4 is 15.5 Å². The van der Waals surface area contributed by atoms with Crippen molar-refractivity contribution in [2.75, 3.05) is 18.4 Å². The fourth-order valence-electron chi connectivity index (χ4n) is 3.40. The Morgan fingerprint density at radius 3 is 2.52 bits per heavy atom. The van der Waals surface area contributed by atoms with Gasteiger partial charge in [-0.25, -0.2) is 18.1 Å². The molecule has 2 aromatic carbocycles. The number of anilines is 1. The molecular formula is C23H23BClN5O2S. The summed E-state index contributed by atoms with van der Waals surface area (Å²) in [5, 5.41) is 8.05. The van der Waals surface area contributed by atoms with Crippen LogP contribution in [0.5, 0.6) is 0 Å². The smallest absolute Gasteiger partial charge is 0.240 e. The quantitative estimate of drug-likeness (QED) is 0.299. The van der Waals surface area contributed by atoms with Crippen LogP contribution in [0, 0.1) is 0 Å². The third-order valence-electron chi connectivity index (χ3n) is 5.23. The summed E-state index contributed by atoms with van der Waals surface area (Å²) in [6.45, 7) is 4.63. The highest BCUT2D eigenvalue weighted by atomic mass is 35.5. The van der Waals surface area contributed by atoms with Gasteiger partial charge in [-0.2, -0.15) is 9.61 Å². The number of rotatable bonds is 8. The van der Waals surface area contributed by atoms with E-state index in [0.29, 0.717) is 40.1 Å². The highest BCUT2D eigenvalue weighted by Crippen LogP contribution is 2.28. The maximum absolute atomic E-state index is 12.6. The van der Waals surface area contributed by atoms with E-state index in [-0.39, 0.29) is 11.4 Å². The molecule has 0 saturated heterocycles. The molecule has 0 spiro atoms. The zero-order chi connectivity index (χ0) is 23.6. The molecule has 0 fully saturated rings. The van der Waals surface area contributed by atoms with Gasteiger partial charge >= 0.3 is 0 Å². The number of nitrogens with one attached hydrogen (secondary N) is 2. The lowest BCUT2D eigenvalue weighted by Gasteiger charge is -2.13. The van der Waals surface area contributed by atoms with Gasteiger partial charge < -0.3 is 5.32 Å². The van der Waals surface area contributed by atoms with E-state index in [1.807, 2.05) is 30.3 Å². The fraction of sp³-hybridized carbons (Fsp3) is 0.217. The van der Waals surface area contributed by atoms with Crippen molar-refractivity contribution in [3.63, 3.8) is 0 Å². The van der Waals surface area contributed by atoms with Gasteiger partial charge in [0.1, 0.15) is 13.7 Å². The van der Waals surface area contributed by atoms with E-state index in [1.165, 1.54) is 6.20 Å². The van der Waals surface area contributed by atoms with Crippen LogP contribution in [0.25, 0.3) is 16.9 Å². The number of hydrogen-bond acceptors (Lipinski definition) is 5. The summed E-state index contributed by atoms with van der Waals surface area (Å²) in [5.74, 6) is 0.954. The number of nitrogens with zero attached hydrogens (tertiary/aromatic N) is 3. The summed E-state index contributed by atoms with van der Waals surface area (Å²) in [6, 6.07) is 16.1. The lowest BCUT2D eigenvalue weighted by Crippen LogP contribution is -2.29. The van der Waals surface area contributed by atoms with Gasteiger partial charge in [0.05, 0.1) is 10.6 Å². The molecule has 2 N–H and O–H groups in total. The Kier molecular flexibility index (Phi) is 6.74. The Morgan fingerprint density at radius 1 is 1.09 bits per heavy atom. The van der Waals surface area contributed by atoms with Gasteiger partial charge in [-0.1, -0.05) is 55.8 Å². The fourth-order valence-corrected chi connectivity index (χ4v) is 4.67. The lowest BCUT2D eigenvalue weighted by atomic mass is 10.0. The first-order valence-corrected chi connectivity index (χ1v) is 12.3. The van der Waals surface area contributed by atoms with Gasteiger partial charge in [0.25, 0.3) is 0 Å². The maximum atomic E-state index is 12.6. The number of hydrogen-bond donors (Lipinski definition) is 2. The van der Waals surface area contributed by atoms with Crippen molar-refractivity contribution in [1.29, 1.82) is 0 Å². The van der Waals surface area contributed by atoms with Crippen LogP contribution in [-0.4, -0.2) is 44.0 Å². The van der Waals surface area contributed by atoms with Crippen molar-refractivity contribution >= 4 is 46.4 Å². The normalized spacial score (nSPS) is 11.9. The second kappa shape index (κ2) is 9.55. The average Bonchev–Trinajstić information content (AvgIpc) is 3.18. The van der Waals surface area contributed by atoms with Crippen molar-refractivity contribution < 1.29 is 8.42 Å². The molecule has 0 bridgehead atoms. The minimum Gasteiger partial charge on any atom is -0.369 e. The van der Waals surface area contributed by atoms with Gasteiger partial charge in [-0.3, -0.25) is 0 Å². The van der Waals surface area contributed by atoms with Crippen LogP contribution in [0.15, 0.2) is 65.7 Å². The van der Waals surface area contributed by atoms with Crippen molar-refractivity contribution in [2.24, 2.45) is 0 Å². The predicted molar refractivity (Wildman–Crippen MR) is 133 cm³/mol. The van der Waals surface area contributed by atoms with Gasteiger partial charge in [-0.15, -0.1) is 0 Å². The lowest BCUT2D eigenvalue weighted by molar-refractivity contribution is 0.582. The molecule has 0 aliphatic heterocycles. The summed E-state index contributed by atoms with van der Waals surface area (Å²) >= 11 is 6.35. The van der Waals surface area contributed by atoms with Crippen LogP contribution in [0.4, 0.5) is 5.82 Å². The Bertz CT molecular complexity index is 1390. The van der Waals surface area contributed by atoms with Crippen LogP contribution >= 0.6 is 11.6 Å². The monoisotopic (exact) mass is 479 g/mol. The Balaban J connectivity index is 1.50. The average molecular weight is 480 g/mol. The molecule has 0 unspecified atom stereocenters. The van der Waals surface area contributed by atoms with Crippen LogP contribution in [0.3, 0.4) is 0 Å². The van der Waals surface area contributed by atoms with Gasteiger partial charge in [0.2, 0.25) is 10.0 Å². The molecule has 0 aliphatic carbocycles. The largest absolute Gasteiger partial charge is 0.369 e. The van der Waals surface area contributed by atoms with Crippen molar-refractivity contribution in [2.45, 2.75) is 24.7 Å². The zero-order valence-electron chi connectivity index (χ0n) is 18.3. The van der Waals surface area contributed by atoms with Crippen LogP contribution in [-0.2, 0) is 10.0 Å². The summed E-state index contributed by atoms with van der Waals surface area (Å²) in [6.07, 6.45) is 1.52. The van der Waals surface area contributed by atoms with E-state index in [1.54, 1.807) is 28.8 Å². The van der Waals surface area contributed by atoms with E-state index in [2.05, 4.69) is 34.0 Å². The minimum atomic E-state index is -3.61. The maximum Gasteiger partial charge on any atom is 0.240 e. The molecule has 10 heteroatoms. The van der Waals surface area contributed by atoms with Crippen LogP contribution in [0.2, 0.25) is 5.02 Å². The highest BCUT2D eigenvalue weighted by Gasteiger charge is 2.15. The third-order valence-corrected chi connectivity index (χ3v) is 7.04. The molecule has 33 heavy (non-hydrogen) atoms. The highest BCUT2D eigenvalue weighted by molar-refractivity contribution is 7.89. The molecule has 4 aromatic rings. The molecule has 0 amide bonds. The van der Waals surface area contributed by atoms with Gasteiger partial charge in [0.15, 0.2) is 5.65 Å². The molecule has 2 radical (unpaired) electrons. The topological polar surface area (TPSA) is 88.4 Å². The number of fused-ring (bicyclic) bond motifs is 1. The van der Waals surface area contributed by atoms with Gasteiger partial charge in [-0.05, 0) is 35.1 Å². The van der Waals surface area contributed by atoms with E-state index >= 15 is 0 Å². The molecule has 2 aromatic heterocycles. The Morgan fingerprint density at radius 2 is 1.82 bits per heavy atom. The molecular weight excluding hydrogens is 457 g/mol. The standard InChI is InChI=1S/C23H23BClN5O2S/c1-15(2)16-7-9-17(10-8-16)33(31,32)28-12-11-26-22-13-21(18-5-3-4-6-20(18)25)29-23-19(24)14-27-30(22)23/h3-10,13-15,26,28H,11-12H2,1-2H3. The second-order valence-corrected chi connectivity index (χ2v) is 10.1. The van der Waals surface area contributed by atoms with E-state index in [0.717, 1.165) is 11.1 Å². The Labute approximate surface area is 199 Å². The molecule has 0 atom stereocenters. The third kappa shape index (κ3) is 5.05. The first-order valence-electron chi connectivity index (χ1n) is 10.5. The number of benzene rings is 2. The van der Waals surface area contributed by atoms with Crippen molar-refractivity contribution in [1.82, 2.24) is 19.3 Å². The van der Waals surface area contributed by atoms with E-state index < -0.39 is 10.0 Å². The SMILES string of the molecule is [B]c1cnn2c(NCCNS(=O)(=O)c3ccc(C(C)C)cc3)cc(-c3ccccc3Cl)nc12. The number of aromatic nitrogens is 3. The predicted octanol–water partition coefficient (Wildman–Crippen LogP) is 3.36. The van der Waals surface area contributed by atoms with E-state index in [9.17, 15) is 8.42 Å². The summed E-state index contributed by atoms with van der Waals surface area (Å²) in [5.41, 5.74) is 3.40. The first kappa shape index (κ1) is 23.3. The molecule has 2 heterocycles. The second-order valence-electron chi connectivity index (χ2n) is 7.89. The molecule has 0 aliphatic rings. The minimum absolute atomic E-state index is 0.177. The van der Waals surface area contributed by atoms with Crippen molar-refractivity contribution in [3.8, 4) is 11.3 Å². The summed E-state index contributed by atoms with van der Waals surface area (Å²) in [7, 11) is 2.42. The molecule has 168 valence electrons. The van der Waals surface area contributed by atoms with Gasteiger partial charge in [0, 0.05) is 35.9 Å². The molecule has 7 nitrogen and oxygen atoms in total. The summed E-state index contributed by atoms with van der Waals surface area (Å²) < 4.78 is 29.4. The Hall–Kier alpha value is -2.88. The summed E-state index contributed by atoms with van der Waals surface area (Å²) in [4.78, 5) is 4.83. The van der Waals surface area contributed by atoms with E-state index in [4.69, 9.17) is 19.4 Å². The van der Waals surface area contributed by atoms with Crippen LogP contribution in [0.1, 0.15) is 25.3 Å². The van der Waals surface area contributed by atoms with Crippen molar-refractivity contribution in [3.05, 3.63) is 71.4 Å². The number of sulfonamides is 1. The zero-order valence-corrected chi connectivity index (χ0v) is 19.9. The molecule has 4 rings (SSSR count). The molecule has 0 saturated carbocycles. The first-order chi connectivity index (χ1) is 15.8. The number of halogens is 1.